The summed E-state index contributed by atoms with van der Waals surface area (Å²) in [5, 5.41) is 4.71. The largest absolute Gasteiger partial charge is 0.306 e. The average Bonchev–Trinajstić information content (AvgIpc) is 4.29. The van der Waals surface area contributed by atoms with Crippen LogP contribution in [0.4, 0.5) is 0 Å². The van der Waals surface area contributed by atoms with Crippen LogP contribution in [0.15, 0.2) is 58.3 Å². The van der Waals surface area contributed by atoms with E-state index in [1.54, 1.807) is 22.7 Å². The lowest BCUT2D eigenvalue weighted by Crippen LogP contribution is -2.34. The van der Waals surface area contributed by atoms with Crippen molar-refractivity contribution in [3.05, 3.63) is 79.2 Å². The van der Waals surface area contributed by atoms with Crippen molar-refractivity contribution >= 4 is 68.6 Å². The fourth-order valence-corrected chi connectivity index (χ4v) is 15.8. The summed E-state index contributed by atoms with van der Waals surface area (Å²) in [4.78, 5) is 43.4. The molecule has 4 aromatic heterocycles. The number of thiophene rings is 4. The fraction of sp³-hybridized carbons (Fsp3) is 0.667. The third-order valence-electron chi connectivity index (χ3n) is 16.0. The molecule has 0 fully saturated rings. The predicted molar refractivity (Wildman–Crippen MR) is 329 cm³/mol. The van der Waals surface area contributed by atoms with Gasteiger partial charge in [0.2, 0.25) is 0 Å². The van der Waals surface area contributed by atoms with Crippen molar-refractivity contribution in [3.8, 4) is 19.5 Å². The van der Waals surface area contributed by atoms with Gasteiger partial charge in [0.1, 0.15) is 0 Å². The molecule has 0 spiro atoms. The lowest BCUT2D eigenvalue weighted by Gasteiger charge is -2.29. The van der Waals surface area contributed by atoms with Crippen LogP contribution in [0.5, 0.6) is 0 Å². The van der Waals surface area contributed by atoms with E-state index >= 15 is 9.59 Å². The Morgan fingerprint density at radius 2 is 0.662 bits per heavy atom. The minimum atomic E-state index is 0.0543. The monoisotopic (exact) mass is 1080 g/mol. The predicted octanol–water partition coefficient (Wildman–Crippen LogP) is 22.0. The van der Waals surface area contributed by atoms with Gasteiger partial charge in [-0.25, -0.2) is 0 Å². The molecule has 2 aliphatic rings. The van der Waals surface area contributed by atoms with Crippen molar-refractivity contribution in [1.29, 1.82) is 0 Å². The molecule has 74 heavy (non-hydrogen) atoms. The Hall–Kier alpha value is -2.78. The second-order valence-corrected chi connectivity index (χ2v) is 26.4. The highest BCUT2D eigenvalue weighted by Crippen LogP contribution is 2.51. The zero-order valence-corrected chi connectivity index (χ0v) is 50.8. The highest BCUT2D eigenvalue weighted by atomic mass is 32.1. The highest BCUT2D eigenvalue weighted by molar-refractivity contribution is 7.22. The van der Waals surface area contributed by atoms with E-state index in [2.05, 4.69) is 98.5 Å². The molecule has 0 saturated heterocycles. The molecule has 0 N–H and O–H groups in total. The molecule has 410 valence electrons. The van der Waals surface area contributed by atoms with Crippen molar-refractivity contribution in [3.63, 3.8) is 0 Å². The minimum absolute atomic E-state index is 0.0543. The van der Waals surface area contributed by atoms with Crippen LogP contribution in [0.25, 0.3) is 30.9 Å². The van der Waals surface area contributed by atoms with E-state index in [4.69, 9.17) is 0 Å². The number of unbranched alkanes of at least 4 members (excludes halogenated alkanes) is 22. The van der Waals surface area contributed by atoms with Crippen LogP contribution in [0.2, 0.25) is 0 Å². The first-order valence-corrected chi connectivity index (χ1v) is 34.2. The Labute approximate surface area is 468 Å². The Balaban J connectivity index is 1.43. The maximum Gasteiger partial charge on any atom is 0.261 e. The van der Waals surface area contributed by atoms with Gasteiger partial charge in [-0.1, -0.05) is 208 Å². The van der Waals surface area contributed by atoms with Gasteiger partial charge in [0, 0.05) is 32.6 Å². The van der Waals surface area contributed by atoms with Gasteiger partial charge >= 0.3 is 0 Å². The molecule has 0 aliphatic carbocycles. The molecular weight excluding hydrogens is 981 g/mol. The van der Waals surface area contributed by atoms with Crippen LogP contribution in [0.1, 0.15) is 268 Å². The lowest BCUT2D eigenvalue weighted by atomic mass is 9.93. The van der Waals surface area contributed by atoms with E-state index < -0.39 is 0 Å². The Kier molecular flexibility index (Phi) is 27.9. The zero-order valence-electron chi connectivity index (χ0n) is 47.6. The van der Waals surface area contributed by atoms with Crippen LogP contribution in [0.3, 0.4) is 0 Å². The van der Waals surface area contributed by atoms with Gasteiger partial charge in [0.25, 0.3) is 11.8 Å². The van der Waals surface area contributed by atoms with Crippen LogP contribution in [-0.2, 0) is 22.4 Å². The van der Waals surface area contributed by atoms with E-state index in [1.807, 2.05) is 22.7 Å². The molecule has 0 bridgehead atoms. The number of aryl methyl sites for hydroxylation is 2. The summed E-state index contributed by atoms with van der Waals surface area (Å²) in [7, 11) is 0. The maximum atomic E-state index is 15.9. The second-order valence-electron chi connectivity index (χ2n) is 22.4. The van der Waals surface area contributed by atoms with Gasteiger partial charge in [-0.2, -0.15) is 0 Å². The van der Waals surface area contributed by atoms with Gasteiger partial charge in [0.05, 0.1) is 32.3 Å². The van der Waals surface area contributed by atoms with Crippen molar-refractivity contribution in [1.82, 2.24) is 9.80 Å². The van der Waals surface area contributed by atoms with E-state index in [0.717, 1.165) is 59.7 Å². The smallest absolute Gasteiger partial charge is 0.261 e. The molecule has 8 heteroatoms. The first-order chi connectivity index (χ1) is 36.3. The van der Waals surface area contributed by atoms with E-state index in [0.29, 0.717) is 36.1 Å². The van der Waals surface area contributed by atoms with Crippen LogP contribution in [0, 0.1) is 11.8 Å². The molecule has 2 atom stereocenters. The Morgan fingerprint density at radius 1 is 0.365 bits per heavy atom. The highest BCUT2D eigenvalue weighted by Gasteiger charge is 2.50. The molecule has 0 radical (unpaired) electrons. The quantitative estimate of drug-likeness (QED) is 0.0415. The van der Waals surface area contributed by atoms with Crippen molar-refractivity contribution in [2.45, 2.75) is 260 Å². The normalized spacial score (nSPS) is 14.7. The number of hydrogen-bond acceptors (Lipinski definition) is 6. The summed E-state index contributed by atoms with van der Waals surface area (Å²) >= 11 is 7.28. The number of carbonyl (C=O) groups is 2. The van der Waals surface area contributed by atoms with Gasteiger partial charge in [-0.05, 0) is 121 Å². The van der Waals surface area contributed by atoms with Crippen molar-refractivity contribution in [2.75, 3.05) is 13.1 Å². The molecular formula is C66H100N2O2S4. The molecule has 0 saturated carbocycles. The standard InChI is InChI=1S/C66H100N2O2S4/c1-7-13-19-25-27-33-37-51(35-29-21-15-9-3)47-67-63(57-43-41-55(73-57)59-45-53(49-71-59)39-31-23-17-11-5)61-62(65(67)69)64(58-44-42-56(74-58)60-46-54(50-72-60)40-32-24-18-12-6)68(66(61)70)48-52(36-30-22-16-10-4)38-34-28-26-20-14-8-2/h41-46,49-52H,7-40,47-48H2,1-6H3. The number of fused-ring (bicyclic) bond motifs is 1. The summed E-state index contributed by atoms with van der Waals surface area (Å²) in [6.45, 7) is 15.1. The number of hydrogen-bond donors (Lipinski definition) is 0. The first kappa shape index (κ1) is 60.4. The minimum Gasteiger partial charge on any atom is -0.306 e. The first-order valence-electron chi connectivity index (χ1n) is 30.8. The molecule has 2 aliphatic heterocycles. The Bertz CT molecular complexity index is 2130. The summed E-state index contributed by atoms with van der Waals surface area (Å²) < 4.78 is 0. The van der Waals surface area contributed by atoms with Crippen LogP contribution < -0.4 is 0 Å². The van der Waals surface area contributed by atoms with Gasteiger partial charge < -0.3 is 9.80 Å². The van der Waals surface area contributed by atoms with E-state index in [9.17, 15) is 0 Å². The zero-order chi connectivity index (χ0) is 52.3. The van der Waals surface area contributed by atoms with Crippen LogP contribution >= 0.6 is 45.3 Å². The maximum absolute atomic E-state index is 15.9. The van der Waals surface area contributed by atoms with Crippen LogP contribution in [-0.4, -0.2) is 34.7 Å². The number of rotatable bonds is 42. The Morgan fingerprint density at radius 3 is 1.01 bits per heavy atom. The summed E-state index contributed by atoms with van der Waals surface area (Å²) in [6, 6.07) is 13.9. The third-order valence-corrected chi connectivity index (χ3v) is 20.6. The molecule has 4 nitrogen and oxygen atoms in total. The van der Waals surface area contributed by atoms with E-state index in [1.165, 1.54) is 210 Å². The van der Waals surface area contributed by atoms with Gasteiger partial charge in [-0.15, -0.1) is 45.3 Å². The second kappa shape index (κ2) is 34.2. The third kappa shape index (κ3) is 18.2. The van der Waals surface area contributed by atoms with Gasteiger partial charge in [-0.3, -0.25) is 9.59 Å². The molecule has 2 unspecified atom stereocenters. The lowest BCUT2D eigenvalue weighted by molar-refractivity contribution is -0.124. The number of nitrogens with zero attached hydrogens (tertiary/aromatic N) is 2. The van der Waals surface area contributed by atoms with Gasteiger partial charge in [0.15, 0.2) is 0 Å². The molecule has 2 amide bonds. The van der Waals surface area contributed by atoms with Crippen molar-refractivity contribution < 1.29 is 9.59 Å². The summed E-state index contributed by atoms with van der Waals surface area (Å²) in [5.41, 5.74) is 5.99. The molecule has 6 heterocycles. The summed E-state index contributed by atoms with van der Waals surface area (Å²) in [5.74, 6) is 0.899. The molecule has 0 aromatic carbocycles. The molecule has 4 aromatic rings. The SMILES string of the molecule is CCCCCCCCC(CCCCCC)CN1C(=O)C2=C(c3ccc(-c4cc(CCCCCC)cs4)s3)N(CC(CCCCCC)CCCCCCCC)C(=O)C2=C1c1ccc(-c2cc(CCCCCC)cs2)s1. The average molecular weight is 1080 g/mol. The fourth-order valence-electron chi connectivity index (χ4n) is 11.6. The summed E-state index contributed by atoms with van der Waals surface area (Å²) in [6.07, 6.45) is 42.1. The number of carbonyl (C=O) groups excluding carboxylic acids is 2. The van der Waals surface area contributed by atoms with Crippen molar-refractivity contribution in [2.24, 2.45) is 11.8 Å². The van der Waals surface area contributed by atoms with E-state index in [-0.39, 0.29) is 11.8 Å². The topological polar surface area (TPSA) is 40.6 Å². The number of amides is 2. The molecule has 6 rings (SSSR count).